The minimum absolute atomic E-state index is 0.193. The van der Waals surface area contributed by atoms with Gasteiger partial charge in [0.05, 0.1) is 6.54 Å². The fraction of sp³-hybridized carbons (Fsp3) is 0.154. The third-order valence-corrected chi connectivity index (χ3v) is 3.52. The van der Waals surface area contributed by atoms with E-state index in [0.29, 0.717) is 12.2 Å². The molecule has 0 atom stereocenters. The zero-order chi connectivity index (χ0) is 14.5. The Morgan fingerprint density at radius 3 is 3.00 bits per heavy atom. The lowest BCUT2D eigenvalue weighted by Crippen LogP contribution is -2.24. The summed E-state index contributed by atoms with van der Waals surface area (Å²) in [7, 11) is 1.70. The van der Waals surface area contributed by atoms with Crippen LogP contribution in [-0.4, -0.2) is 26.8 Å². The molecule has 0 unspecified atom stereocenters. The van der Waals surface area contributed by atoms with Crippen LogP contribution in [0.5, 0.6) is 0 Å². The van der Waals surface area contributed by atoms with Crippen LogP contribution in [0.3, 0.4) is 0 Å². The maximum atomic E-state index is 11.9. The van der Waals surface area contributed by atoms with Gasteiger partial charge in [0, 0.05) is 24.2 Å². The molecule has 2 aromatic rings. The van der Waals surface area contributed by atoms with Gasteiger partial charge in [-0.2, -0.15) is 5.10 Å². The number of aryl methyl sites for hydroxylation is 1. The van der Waals surface area contributed by atoms with E-state index in [1.807, 2.05) is 11.4 Å². The average molecular weight is 291 g/mol. The highest BCUT2D eigenvalue weighted by molar-refractivity contribution is 7.10. The number of aromatic nitrogens is 2. The fourth-order valence-corrected chi connectivity index (χ4v) is 2.39. The van der Waals surface area contributed by atoms with Crippen molar-refractivity contribution < 1.29 is 14.7 Å². The van der Waals surface area contributed by atoms with E-state index in [2.05, 4.69) is 10.4 Å². The second-order valence-corrected chi connectivity index (χ2v) is 5.04. The molecule has 20 heavy (non-hydrogen) atoms. The Hall–Kier alpha value is -2.41. The van der Waals surface area contributed by atoms with E-state index < -0.39 is 5.97 Å². The Labute approximate surface area is 119 Å². The third kappa shape index (κ3) is 3.55. The van der Waals surface area contributed by atoms with E-state index >= 15 is 0 Å². The number of aliphatic carboxylic acids is 1. The van der Waals surface area contributed by atoms with Crippen molar-refractivity contribution >= 4 is 29.3 Å². The summed E-state index contributed by atoms with van der Waals surface area (Å²) in [6, 6.07) is 3.48. The summed E-state index contributed by atoms with van der Waals surface area (Å²) in [6.45, 7) is 0.398. The van der Waals surface area contributed by atoms with Crippen LogP contribution in [0.25, 0.3) is 6.08 Å². The largest absolute Gasteiger partial charge is 0.478 e. The third-order valence-electron chi connectivity index (χ3n) is 2.57. The van der Waals surface area contributed by atoms with E-state index in [4.69, 9.17) is 5.11 Å². The van der Waals surface area contributed by atoms with Crippen molar-refractivity contribution in [2.45, 2.75) is 6.54 Å². The normalized spacial score (nSPS) is 10.8. The first-order valence-electron chi connectivity index (χ1n) is 5.81. The summed E-state index contributed by atoms with van der Waals surface area (Å²) in [5, 5.41) is 17.1. The first kappa shape index (κ1) is 14.0. The molecule has 2 aromatic heterocycles. The van der Waals surface area contributed by atoms with Crippen LogP contribution in [0.4, 0.5) is 0 Å². The Kier molecular flexibility index (Phi) is 4.31. The SMILES string of the molecule is Cn1nccc1C(=O)NCc1cc(C=CC(=O)O)cs1. The molecule has 1 amide bonds. The van der Waals surface area contributed by atoms with Crippen molar-refractivity contribution in [1.82, 2.24) is 15.1 Å². The summed E-state index contributed by atoms with van der Waals surface area (Å²) in [4.78, 5) is 23.2. The topological polar surface area (TPSA) is 84.2 Å². The molecule has 0 saturated heterocycles. The predicted molar refractivity (Wildman–Crippen MR) is 75.4 cm³/mol. The van der Waals surface area contributed by atoms with Crippen LogP contribution < -0.4 is 5.32 Å². The fourth-order valence-electron chi connectivity index (χ4n) is 1.60. The van der Waals surface area contributed by atoms with E-state index in [9.17, 15) is 9.59 Å². The zero-order valence-corrected chi connectivity index (χ0v) is 11.6. The molecule has 0 aliphatic heterocycles. The first-order chi connectivity index (χ1) is 9.56. The van der Waals surface area contributed by atoms with Gasteiger partial charge in [0.2, 0.25) is 0 Å². The molecule has 0 aromatic carbocycles. The van der Waals surface area contributed by atoms with Crippen molar-refractivity contribution in [3.05, 3.63) is 45.9 Å². The average Bonchev–Trinajstić information content (AvgIpc) is 3.02. The molecule has 2 heterocycles. The van der Waals surface area contributed by atoms with Crippen LogP contribution >= 0.6 is 11.3 Å². The number of amides is 1. The van der Waals surface area contributed by atoms with Gasteiger partial charge in [-0.3, -0.25) is 9.48 Å². The number of nitrogens with one attached hydrogen (secondary N) is 1. The predicted octanol–water partition coefficient (Wildman–Crippen LogP) is 1.51. The molecule has 2 rings (SSSR count). The second kappa shape index (κ2) is 6.16. The summed E-state index contributed by atoms with van der Waals surface area (Å²) >= 11 is 1.46. The minimum atomic E-state index is -0.984. The van der Waals surface area contributed by atoms with Crippen molar-refractivity contribution in [1.29, 1.82) is 0 Å². The van der Waals surface area contributed by atoms with Gasteiger partial charge in [0.25, 0.3) is 5.91 Å². The Morgan fingerprint density at radius 2 is 2.35 bits per heavy atom. The van der Waals surface area contributed by atoms with Gasteiger partial charge in [-0.05, 0) is 29.2 Å². The first-order valence-corrected chi connectivity index (χ1v) is 6.69. The van der Waals surface area contributed by atoms with E-state index in [1.165, 1.54) is 22.1 Å². The van der Waals surface area contributed by atoms with Crippen molar-refractivity contribution in [2.24, 2.45) is 7.05 Å². The number of nitrogens with zero attached hydrogens (tertiary/aromatic N) is 2. The Morgan fingerprint density at radius 1 is 1.55 bits per heavy atom. The van der Waals surface area contributed by atoms with Gasteiger partial charge < -0.3 is 10.4 Å². The lowest BCUT2D eigenvalue weighted by atomic mass is 10.3. The van der Waals surface area contributed by atoms with Gasteiger partial charge in [-0.25, -0.2) is 4.79 Å². The molecule has 2 N–H and O–H groups in total. The number of hydrogen-bond acceptors (Lipinski definition) is 4. The van der Waals surface area contributed by atoms with Crippen molar-refractivity contribution in [2.75, 3.05) is 0 Å². The van der Waals surface area contributed by atoms with Gasteiger partial charge >= 0.3 is 5.97 Å². The number of carboxylic acids is 1. The molecule has 0 saturated carbocycles. The van der Waals surface area contributed by atoms with Gasteiger partial charge in [-0.15, -0.1) is 11.3 Å². The molecule has 0 aliphatic carbocycles. The Bertz CT molecular complexity index is 657. The molecular weight excluding hydrogens is 278 g/mol. The molecule has 104 valence electrons. The Balaban J connectivity index is 1.93. The van der Waals surface area contributed by atoms with Crippen LogP contribution in [0, 0.1) is 0 Å². The van der Waals surface area contributed by atoms with Crippen LogP contribution in [-0.2, 0) is 18.4 Å². The summed E-state index contributed by atoms with van der Waals surface area (Å²) in [5.41, 5.74) is 1.30. The number of carbonyl (C=O) groups is 2. The molecule has 0 aliphatic rings. The van der Waals surface area contributed by atoms with E-state index in [0.717, 1.165) is 16.5 Å². The number of carbonyl (C=O) groups excluding carboxylic acids is 1. The van der Waals surface area contributed by atoms with E-state index in [-0.39, 0.29) is 5.91 Å². The number of thiophene rings is 1. The second-order valence-electron chi connectivity index (χ2n) is 4.04. The molecule has 0 fully saturated rings. The number of hydrogen-bond donors (Lipinski definition) is 2. The maximum Gasteiger partial charge on any atom is 0.328 e. The summed E-state index contributed by atoms with van der Waals surface area (Å²) in [5.74, 6) is -1.18. The van der Waals surface area contributed by atoms with E-state index in [1.54, 1.807) is 19.3 Å². The summed E-state index contributed by atoms with van der Waals surface area (Å²) < 4.78 is 1.50. The highest BCUT2D eigenvalue weighted by atomic mass is 32.1. The molecule has 0 radical (unpaired) electrons. The smallest absolute Gasteiger partial charge is 0.328 e. The van der Waals surface area contributed by atoms with Crippen LogP contribution in [0.2, 0.25) is 0 Å². The van der Waals surface area contributed by atoms with Crippen molar-refractivity contribution in [3.8, 4) is 0 Å². The van der Waals surface area contributed by atoms with Gasteiger partial charge in [0.15, 0.2) is 0 Å². The highest BCUT2D eigenvalue weighted by Crippen LogP contribution is 2.16. The quantitative estimate of drug-likeness (QED) is 0.818. The molecule has 7 heteroatoms. The minimum Gasteiger partial charge on any atom is -0.478 e. The number of rotatable bonds is 5. The van der Waals surface area contributed by atoms with Gasteiger partial charge in [0.1, 0.15) is 5.69 Å². The lowest BCUT2D eigenvalue weighted by Gasteiger charge is -2.03. The highest BCUT2D eigenvalue weighted by Gasteiger charge is 2.09. The molecule has 0 bridgehead atoms. The standard InChI is InChI=1S/C13H13N3O3S/c1-16-11(4-5-15-16)13(19)14-7-10-6-9(8-20-10)2-3-12(17)18/h2-6,8H,7H2,1H3,(H,14,19)(H,17,18). The monoisotopic (exact) mass is 291 g/mol. The van der Waals surface area contributed by atoms with Crippen LogP contribution in [0.15, 0.2) is 29.8 Å². The molecule has 6 nitrogen and oxygen atoms in total. The zero-order valence-electron chi connectivity index (χ0n) is 10.7. The maximum absolute atomic E-state index is 11.9. The van der Waals surface area contributed by atoms with Crippen molar-refractivity contribution in [3.63, 3.8) is 0 Å². The lowest BCUT2D eigenvalue weighted by molar-refractivity contribution is -0.131. The molecule has 0 spiro atoms. The van der Waals surface area contributed by atoms with Crippen LogP contribution in [0.1, 0.15) is 20.9 Å². The van der Waals surface area contributed by atoms with Gasteiger partial charge in [-0.1, -0.05) is 0 Å². The molecular formula is C13H13N3O3S. The number of carboxylic acid groups (broad SMARTS) is 1. The summed E-state index contributed by atoms with van der Waals surface area (Å²) in [6.07, 6.45) is 4.17.